The minimum absolute atomic E-state index is 0.0726. The summed E-state index contributed by atoms with van der Waals surface area (Å²) in [5, 5.41) is 17.5. The van der Waals surface area contributed by atoms with Gasteiger partial charge in [0.15, 0.2) is 0 Å². The number of pyridine rings is 1. The van der Waals surface area contributed by atoms with Gasteiger partial charge in [-0.05, 0) is 26.0 Å². The number of rotatable bonds is 5. The van der Waals surface area contributed by atoms with E-state index in [0.29, 0.717) is 30.8 Å². The average molecular weight is 457 g/mol. The maximum absolute atomic E-state index is 13.3. The molecule has 0 radical (unpaired) electrons. The van der Waals surface area contributed by atoms with Gasteiger partial charge in [0.1, 0.15) is 23.8 Å². The van der Waals surface area contributed by atoms with Gasteiger partial charge < -0.3 is 15.0 Å². The number of carbonyl (C=O) groups is 1. The molecule has 4 heterocycles. The molecule has 2 N–H and O–H groups in total. The van der Waals surface area contributed by atoms with E-state index in [-0.39, 0.29) is 29.2 Å². The van der Waals surface area contributed by atoms with Crippen LogP contribution in [-0.2, 0) is 29.8 Å². The van der Waals surface area contributed by atoms with E-state index in [1.54, 1.807) is 18.4 Å². The topological polar surface area (TPSA) is 105 Å². The summed E-state index contributed by atoms with van der Waals surface area (Å²) in [6.45, 7) is 10.5. The Morgan fingerprint density at radius 1 is 1.21 bits per heavy atom. The van der Waals surface area contributed by atoms with Crippen LogP contribution in [0.2, 0.25) is 0 Å². The van der Waals surface area contributed by atoms with E-state index in [4.69, 9.17) is 0 Å². The lowest BCUT2D eigenvalue weighted by atomic mass is 9.93. The van der Waals surface area contributed by atoms with Gasteiger partial charge in [-0.1, -0.05) is 20.8 Å². The van der Waals surface area contributed by atoms with Crippen molar-refractivity contribution in [3.63, 3.8) is 0 Å². The number of aliphatic hydroxyl groups is 1. The van der Waals surface area contributed by atoms with Crippen molar-refractivity contribution in [2.24, 2.45) is 0 Å². The van der Waals surface area contributed by atoms with Crippen molar-refractivity contribution in [2.45, 2.75) is 65.3 Å². The fourth-order valence-corrected chi connectivity index (χ4v) is 4.07. The molecule has 0 aliphatic carbocycles. The fourth-order valence-electron chi connectivity index (χ4n) is 4.07. The first-order valence-corrected chi connectivity index (χ1v) is 10.8. The van der Waals surface area contributed by atoms with Crippen LogP contribution in [0.3, 0.4) is 0 Å². The highest BCUT2D eigenvalue weighted by atomic mass is 19.1. The Hall–Kier alpha value is -3.11. The summed E-state index contributed by atoms with van der Waals surface area (Å²) in [4.78, 5) is 32.0. The molecule has 0 unspecified atom stereocenters. The standard InChI is InChI=1S/C23H29FN6O3/c1-22(2,3)17-8-20-29(12-19(31)26-18-7-6-14(24)9-25-18)16-11-28(13-23(4,5)33)10-15(16)21(32)30(20)27-17/h6-9,33H,10-13H2,1-5H3,(H,25,26,31). The van der Waals surface area contributed by atoms with Crippen molar-refractivity contribution < 1.29 is 14.3 Å². The second kappa shape index (κ2) is 8.03. The first kappa shape index (κ1) is 23.1. The molecule has 0 atom stereocenters. The van der Waals surface area contributed by atoms with E-state index >= 15 is 0 Å². The van der Waals surface area contributed by atoms with Crippen LogP contribution < -0.4 is 10.9 Å². The summed E-state index contributed by atoms with van der Waals surface area (Å²) in [5.74, 6) is -0.613. The van der Waals surface area contributed by atoms with E-state index in [1.165, 1.54) is 16.6 Å². The number of β-amino-alcohol motifs (C(OH)–C–C–N with tert-alkyl or cyclic N) is 1. The predicted octanol–water partition coefficient (Wildman–Crippen LogP) is 2.05. The third kappa shape index (κ3) is 4.81. The van der Waals surface area contributed by atoms with Gasteiger partial charge in [0.25, 0.3) is 5.56 Å². The highest BCUT2D eigenvalue weighted by Crippen LogP contribution is 2.27. The third-order valence-corrected chi connectivity index (χ3v) is 5.52. The number of fused-ring (bicyclic) bond motifs is 2. The van der Waals surface area contributed by atoms with E-state index in [0.717, 1.165) is 17.6 Å². The van der Waals surface area contributed by atoms with Gasteiger partial charge in [-0.15, -0.1) is 0 Å². The zero-order chi connectivity index (χ0) is 24.1. The highest BCUT2D eigenvalue weighted by Gasteiger charge is 2.31. The van der Waals surface area contributed by atoms with Crippen LogP contribution in [0.15, 0.2) is 29.2 Å². The molecule has 1 amide bonds. The number of nitrogens with one attached hydrogen (secondary N) is 1. The lowest BCUT2D eigenvalue weighted by Crippen LogP contribution is -2.35. The van der Waals surface area contributed by atoms with Crippen molar-refractivity contribution in [1.82, 2.24) is 24.1 Å². The van der Waals surface area contributed by atoms with Gasteiger partial charge in [0.05, 0.1) is 23.1 Å². The van der Waals surface area contributed by atoms with Gasteiger partial charge >= 0.3 is 0 Å². The zero-order valence-corrected chi connectivity index (χ0v) is 19.5. The summed E-state index contributed by atoms with van der Waals surface area (Å²) in [6.07, 6.45) is 1.03. The summed E-state index contributed by atoms with van der Waals surface area (Å²) in [6, 6.07) is 4.45. The molecule has 3 aromatic heterocycles. The number of carbonyl (C=O) groups excluding carboxylic acids is 1. The number of hydrogen-bond donors (Lipinski definition) is 2. The summed E-state index contributed by atoms with van der Waals surface area (Å²) in [5.41, 5.74) is 1.12. The zero-order valence-electron chi connectivity index (χ0n) is 19.5. The maximum Gasteiger partial charge on any atom is 0.279 e. The molecule has 0 fully saturated rings. The van der Waals surface area contributed by atoms with E-state index in [9.17, 15) is 19.1 Å². The van der Waals surface area contributed by atoms with Crippen molar-refractivity contribution in [2.75, 3.05) is 11.9 Å². The molecule has 0 aromatic carbocycles. The van der Waals surface area contributed by atoms with Crippen molar-refractivity contribution in [3.8, 4) is 0 Å². The van der Waals surface area contributed by atoms with Crippen LogP contribution in [0.25, 0.3) is 5.65 Å². The predicted molar refractivity (Wildman–Crippen MR) is 121 cm³/mol. The van der Waals surface area contributed by atoms with Crippen LogP contribution in [0.5, 0.6) is 0 Å². The monoisotopic (exact) mass is 456 g/mol. The molecule has 1 aliphatic heterocycles. The number of nitrogens with zero attached hydrogens (tertiary/aromatic N) is 5. The Bertz CT molecular complexity index is 1270. The molecule has 10 heteroatoms. The lowest BCUT2D eigenvalue weighted by Gasteiger charge is -2.24. The van der Waals surface area contributed by atoms with Gasteiger partial charge in [0, 0.05) is 36.8 Å². The Morgan fingerprint density at radius 3 is 2.55 bits per heavy atom. The molecule has 0 saturated heterocycles. The minimum atomic E-state index is -0.929. The molecular weight excluding hydrogens is 427 g/mol. The molecule has 0 saturated carbocycles. The quantitative estimate of drug-likeness (QED) is 0.609. The van der Waals surface area contributed by atoms with E-state index in [1.807, 2.05) is 31.7 Å². The molecule has 4 rings (SSSR count). The highest BCUT2D eigenvalue weighted by molar-refractivity contribution is 5.90. The second-order valence-corrected chi connectivity index (χ2v) is 10.2. The smallest absolute Gasteiger partial charge is 0.279 e. The van der Waals surface area contributed by atoms with Crippen molar-refractivity contribution in [3.05, 3.63) is 57.5 Å². The van der Waals surface area contributed by atoms with E-state index in [2.05, 4.69) is 15.4 Å². The SMILES string of the molecule is CC(C)(O)CN1Cc2c(n(CC(=O)Nc3ccc(F)cn3)c3cc(C(C)(C)C)nn3c2=O)C1. The normalized spacial score (nSPS) is 14.6. The van der Waals surface area contributed by atoms with Crippen molar-refractivity contribution in [1.29, 1.82) is 0 Å². The summed E-state index contributed by atoms with van der Waals surface area (Å²) in [7, 11) is 0. The Morgan fingerprint density at radius 2 is 1.94 bits per heavy atom. The first-order chi connectivity index (χ1) is 15.3. The maximum atomic E-state index is 13.3. The third-order valence-electron chi connectivity index (χ3n) is 5.52. The summed E-state index contributed by atoms with van der Waals surface area (Å²) < 4.78 is 16.3. The molecule has 0 bridgehead atoms. The molecule has 0 spiro atoms. The Balaban J connectivity index is 1.76. The summed E-state index contributed by atoms with van der Waals surface area (Å²) >= 11 is 0. The molecule has 33 heavy (non-hydrogen) atoms. The molecule has 3 aromatic rings. The van der Waals surface area contributed by atoms with Crippen LogP contribution in [0.4, 0.5) is 10.2 Å². The van der Waals surface area contributed by atoms with Gasteiger partial charge in [-0.25, -0.2) is 9.37 Å². The lowest BCUT2D eigenvalue weighted by molar-refractivity contribution is -0.116. The van der Waals surface area contributed by atoms with Crippen LogP contribution in [-0.4, -0.2) is 47.2 Å². The fraction of sp³-hybridized carbons (Fsp3) is 0.478. The van der Waals surface area contributed by atoms with Gasteiger partial charge in [0.2, 0.25) is 5.91 Å². The van der Waals surface area contributed by atoms with Crippen LogP contribution >= 0.6 is 0 Å². The van der Waals surface area contributed by atoms with Crippen LogP contribution in [0.1, 0.15) is 51.6 Å². The van der Waals surface area contributed by atoms with Crippen molar-refractivity contribution >= 4 is 17.4 Å². The molecule has 176 valence electrons. The van der Waals surface area contributed by atoms with Crippen LogP contribution in [0, 0.1) is 5.82 Å². The van der Waals surface area contributed by atoms with E-state index < -0.39 is 11.4 Å². The minimum Gasteiger partial charge on any atom is -0.389 e. The number of aromatic nitrogens is 4. The Labute approximate surface area is 190 Å². The second-order valence-electron chi connectivity index (χ2n) is 10.2. The molecular formula is C23H29FN6O3. The largest absolute Gasteiger partial charge is 0.389 e. The number of hydrogen-bond acceptors (Lipinski definition) is 6. The molecule has 1 aliphatic rings. The van der Waals surface area contributed by atoms with Gasteiger partial charge in [-0.2, -0.15) is 9.61 Å². The number of amides is 1. The Kier molecular flexibility index (Phi) is 5.61. The van der Waals surface area contributed by atoms with Gasteiger partial charge in [-0.3, -0.25) is 14.5 Å². The average Bonchev–Trinajstić information content (AvgIpc) is 3.30. The number of halogens is 1. The number of anilines is 1. The molecule has 9 nitrogen and oxygen atoms in total. The first-order valence-electron chi connectivity index (χ1n) is 10.8.